The van der Waals surface area contributed by atoms with Crippen LogP contribution in [0.15, 0.2) is 0 Å². The normalized spacial score (nSPS) is 23.7. The van der Waals surface area contributed by atoms with Gasteiger partial charge in [0.1, 0.15) is 0 Å². The fourth-order valence-corrected chi connectivity index (χ4v) is 1.88. The third-order valence-electron chi connectivity index (χ3n) is 2.88. The molecule has 2 aliphatic heterocycles. The van der Waals surface area contributed by atoms with E-state index in [4.69, 9.17) is 0 Å². The summed E-state index contributed by atoms with van der Waals surface area (Å²) in [6.07, 6.45) is 4.18. The molecule has 2 nitrogen and oxygen atoms in total. The van der Waals surface area contributed by atoms with Crippen molar-refractivity contribution in [3.05, 3.63) is 0 Å². The Labute approximate surface area is 68.5 Å². The predicted octanol–water partition coefficient (Wildman–Crippen LogP) is 0.917. The van der Waals surface area contributed by atoms with Crippen LogP contribution < -0.4 is 0 Å². The van der Waals surface area contributed by atoms with Crippen molar-refractivity contribution in [1.82, 2.24) is 4.90 Å². The molecule has 2 aliphatic rings. The molecule has 0 amide bonds. The van der Waals surface area contributed by atoms with Gasteiger partial charge in [-0.1, -0.05) is 0 Å². The van der Waals surface area contributed by atoms with Gasteiger partial charge in [0.15, 0.2) is 0 Å². The van der Waals surface area contributed by atoms with Gasteiger partial charge in [-0.2, -0.15) is 0 Å². The largest absolute Gasteiger partial charge is 0.266 e. The summed E-state index contributed by atoms with van der Waals surface area (Å²) in [5.41, 5.74) is 0. The molecule has 11 heavy (non-hydrogen) atoms. The molecule has 0 aromatic heterocycles. The van der Waals surface area contributed by atoms with Crippen LogP contribution in [-0.4, -0.2) is 41.5 Å². The number of nitrogens with zero attached hydrogens (tertiary/aromatic N) is 2. The molecule has 0 aromatic carbocycles. The van der Waals surface area contributed by atoms with E-state index in [0.29, 0.717) is 0 Å². The van der Waals surface area contributed by atoms with Gasteiger partial charge >= 0.3 is 0 Å². The molecule has 0 bridgehead atoms. The van der Waals surface area contributed by atoms with Crippen LogP contribution in [0.5, 0.6) is 0 Å². The van der Waals surface area contributed by atoms with Gasteiger partial charge in [-0.15, -0.1) is 0 Å². The van der Waals surface area contributed by atoms with E-state index in [9.17, 15) is 0 Å². The van der Waals surface area contributed by atoms with E-state index in [0.717, 1.165) is 0 Å². The maximum atomic E-state index is 2.53. The zero-order valence-electron chi connectivity index (χ0n) is 7.34. The molecule has 2 heteroatoms. The van der Waals surface area contributed by atoms with Crippen LogP contribution in [0.1, 0.15) is 26.2 Å². The molecule has 0 spiro atoms. The summed E-state index contributed by atoms with van der Waals surface area (Å²) in [5.74, 6) is 1.52. The number of hydrogen-bond donors (Lipinski definition) is 0. The maximum absolute atomic E-state index is 2.53. The summed E-state index contributed by atoms with van der Waals surface area (Å²) < 4.78 is 2.49. The highest BCUT2D eigenvalue weighted by atomic mass is 15.3. The quantitative estimate of drug-likeness (QED) is 0.370. The molecule has 0 aromatic rings. The van der Waals surface area contributed by atoms with Gasteiger partial charge in [0.25, 0.3) is 0 Å². The molecule has 2 heterocycles. The second-order valence-electron chi connectivity index (χ2n) is 3.58. The first kappa shape index (κ1) is 7.14. The minimum atomic E-state index is 1.29. The summed E-state index contributed by atoms with van der Waals surface area (Å²) in [6.45, 7) is 7.44. The Kier molecular flexibility index (Phi) is 1.84. The lowest BCUT2D eigenvalue weighted by molar-refractivity contribution is -0.587. The van der Waals surface area contributed by atoms with E-state index in [1.807, 2.05) is 0 Å². The van der Waals surface area contributed by atoms with Crippen molar-refractivity contribution in [3.63, 3.8) is 0 Å². The Morgan fingerprint density at radius 1 is 1.09 bits per heavy atom. The van der Waals surface area contributed by atoms with Crippen LogP contribution in [0.4, 0.5) is 0 Å². The lowest BCUT2D eigenvalue weighted by Crippen LogP contribution is -2.40. The number of rotatable bonds is 0. The van der Waals surface area contributed by atoms with Gasteiger partial charge in [-0.05, 0) is 12.8 Å². The molecule has 2 rings (SSSR count). The van der Waals surface area contributed by atoms with E-state index < -0.39 is 0 Å². The molecule has 62 valence electrons. The molecule has 0 saturated carbocycles. The van der Waals surface area contributed by atoms with Crippen LogP contribution in [0.2, 0.25) is 0 Å². The molecule has 2 fully saturated rings. The van der Waals surface area contributed by atoms with Crippen molar-refractivity contribution in [2.24, 2.45) is 0 Å². The Morgan fingerprint density at radius 2 is 1.73 bits per heavy atom. The van der Waals surface area contributed by atoms with Crippen LogP contribution in [0.25, 0.3) is 0 Å². The van der Waals surface area contributed by atoms with Gasteiger partial charge in [0.2, 0.25) is 5.84 Å². The summed E-state index contributed by atoms with van der Waals surface area (Å²) in [4.78, 5) is 2.53. The Balaban J connectivity index is 2.02. The van der Waals surface area contributed by atoms with Crippen molar-refractivity contribution in [2.75, 3.05) is 26.2 Å². The molecule has 0 N–H and O–H groups in total. The topological polar surface area (TPSA) is 6.25 Å². The molecule has 0 unspecified atom stereocenters. The monoisotopic (exact) mass is 153 g/mol. The van der Waals surface area contributed by atoms with Gasteiger partial charge in [0.05, 0.1) is 26.2 Å². The van der Waals surface area contributed by atoms with Crippen molar-refractivity contribution < 1.29 is 4.58 Å². The minimum Gasteiger partial charge on any atom is -0.266 e. The predicted molar refractivity (Wildman–Crippen MR) is 46.1 cm³/mol. The van der Waals surface area contributed by atoms with Gasteiger partial charge in [-0.3, -0.25) is 9.48 Å². The maximum Gasteiger partial charge on any atom is 0.243 e. The first-order valence-electron chi connectivity index (χ1n) is 4.71. The molecular formula is C9H17N2+. The third-order valence-corrected chi connectivity index (χ3v) is 2.88. The second-order valence-corrected chi connectivity index (χ2v) is 3.58. The lowest BCUT2D eigenvalue weighted by Gasteiger charge is -2.21. The highest BCUT2D eigenvalue weighted by Crippen LogP contribution is 2.10. The van der Waals surface area contributed by atoms with Crippen LogP contribution in [-0.2, 0) is 0 Å². The molecular weight excluding hydrogens is 136 g/mol. The van der Waals surface area contributed by atoms with E-state index in [1.54, 1.807) is 0 Å². The standard InChI is InChI=1S/C9H17N2/c1-9(11-7-4-8-11)10-5-2-3-6-10/h2-8H2,1H3/q+1. The third kappa shape index (κ3) is 1.26. The summed E-state index contributed by atoms with van der Waals surface area (Å²) >= 11 is 0. The van der Waals surface area contributed by atoms with Gasteiger partial charge in [-0.25, -0.2) is 0 Å². The molecule has 0 aliphatic carbocycles. The SMILES string of the molecule is CC(N1CCCC1)=[N+]1CCC1. The molecule has 0 radical (unpaired) electrons. The summed E-state index contributed by atoms with van der Waals surface area (Å²) in [6, 6.07) is 0. The second kappa shape index (κ2) is 2.84. The fourth-order valence-electron chi connectivity index (χ4n) is 1.88. The summed E-state index contributed by atoms with van der Waals surface area (Å²) in [7, 11) is 0. The van der Waals surface area contributed by atoms with E-state index >= 15 is 0 Å². The number of hydrogen-bond acceptors (Lipinski definition) is 0. The van der Waals surface area contributed by atoms with E-state index in [-0.39, 0.29) is 0 Å². The van der Waals surface area contributed by atoms with E-state index in [2.05, 4.69) is 16.4 Å². The van der Waals surface area contributed by atoms with Crippen molar-refractivity contribution in [1.29, 1.82) is 0 Å². The zero-order valence-corrected chi connectivity index (χ0v) is 7.34. The first-order valence-corrected chi connectivity index (χ1v) is 4.71. The number of likely N-dealkylation sites (tertiary alicyclic amines) is 1. The lowest BCUT2D eigenvalue weighted by atomic mass is 10.2. The molecule has 2 saturated heterocycles. The van der Waals surface area contributed by atoms with Gasteiger partial charge in [0, 0.05) is 13.3 Å². The first-order chi connectivity index (χ1) is 5.38. The van der Waals surface area contributed by atoms with Crippen LogP contribution in [0, 0.1) is 0 Å². The van der Waals surface area contributed by atoms with Gasteiger partial charge < -0.3 is 0 Å². The van der Waals surface area contributed by atoms with Crippen molar-refractivity contribution in [2.45, 2.75) is 26.2 Å². The average Bonchev–Trinajstić information content (AvgIpc) is 2.32. The fraction of sp³-hybridized carbons (Fsp3) is 0.889. The number of amidine groups is 1. The highest BCUT2D eigenvalue weighted by Gasteiger charge is 2.24. The van der Waals surface area contributed by atoms with Crippen LogP contribution in [0.3, 0.4) is 0 Å². The zero-order chi connectivity index (χ0) is 7.68. The summed E-state index contributed by atoms with van der Waals surface area (Å²) in [5, 5.41) is 0. The van der Waals surface area contributed by atoms with Crippen LogP contribution >= 0.6 is 0 Å². The smallest absolute Gasteiger partial charge is 0.243 e. The Bertz CT molecular complexity index is 172. The van der Waals surface area contributed by atoms with E-state index in [1.165, 1.54) is 51.3 Å². The average molecular weight is 153 g/mol. The Morgan fingerprint density at radius 3 is 2.18 bits per heavy atom. The Hall–Kier alpha value is -0.530. The highest BCUT2D eigenvalue weighted by molar-refractivity contribution is 5.75. The minimum absolute atomic E-state index is 1.29. The van der Waals surface area contributed by atoms with Crippen molar-refractivity contribution in [3.8, 4) is 0 Å². The van der Waals surface area contributed by atoms with Crippen molar-refractivity contribution >= 4 is 5.84 Å². The molecule has 0 atom stereocenters.